The number of nitrogens with one attached hydrogen (secondary N) is 1. The molecule has 3 N–H and O–H groups in total. The Balaban J connectivity index is 2.25. The zero-order valence-corrected chi connectivity index (χ0v) is 15.4. The second kappa shape index (κ2) is 8.63. The van der Waals surface area contributed by atoms with Crippen LogP contribution in [0.2, 0.25) is 5.02 Å². The van der Waals surface area contributed by atoms with Gasteiger partial charge in [-0.3, -0.25) is 15.0 Å². The molecule has 0 spiro atoms. The second-order valence-corrected chi connectivity index (χ2v) is 7.26. The van der Waals surface area contributed by atoms with Crippen LogP contribution in [0.25, 0.3) is 0 Å². The van der Waals surface area contributed by atoms with Gasteiger partial charge < -0.3 is 5.73 Å². The number of nitrogens with two attached hydrogens (primary N) is 1. The van der Waals surface area contributed by atoms with Crippen LogP contribution in [-0.2, 0) is 11.3 Å². The quantitative estimate of drug-likeness (QED) is 0.836. The maximum atomic E-state index is 14.2. The fourth-order valence-corrected chi connectivity index (χ4v) is 3.83. The minimum atomic E-state index is -0.890. The molecule has 3 unspecified atom stereocenters. The summed E-state index contributed by atoms with van der Waals surface area (Å²) < 4.78 is 14.2. The average molecular weight is 370 g/mol. The summed E-state index contributed by atoms with van der Waals surface area (Å²) in [4.78, 5) is 24.9. The van der Waals surface area contributed by atoms with Gasteiger partial charge in [0.25, 0.3) is 0 Å². The van der Waals surface area contributed by atoms with E-state index in [0.29, 0.717) is 22.4 Å². The highest BCUT2D eigenvalue weighted by molar-refractivity contribution is 6.31. The van der Waals surface area contributed by atoms with Crippen molar-refractivity contribution in [2.75, 3.05) is 6.54 Å². The number of nitrogens with zero attached hydrogens (tertiary/aromatic N) is 1. The smallest absolute Gasteiger partial charge is 0.318 e. The van der Waals surface area contributed by atoms with Crippen LogP contribution in [0.3, 0.4) is 0 Å². The van der Waals surface area contributed by atoms with E-state index in [-0.39, 0.29) is 19.1 Å². The SMILES string of the molecule is CC1CCCC(N(CC(=O)NC(N)=O)Cc2c(F)cccc2Cl)C1C. The normalized spacial score (nSPS) is 23.5. The molecule has 3 atom stereocenters. The van der Waals surface area contributed by atoms with Crippen molar-refractivity contribution in [1.29, 1.82) is 0 Å². The van der Waals surface area contributed by atoms with E-state index in [0.717, 1.165) is 19.3 Å². The molecule has 2 rings (SSSR count). The van der Waals surface area contributed by atoms with Crippen LogP contribution in [-0.4, -0.2) is 29.4 Å². The lowest BCUT2D eigenvalue weighted by Gasteiger charge is -2.41. The molecule has 0 radical (unpaired) electrons. The van der Waals surface area contributed by atoms with Crippen LogP contribution in [0.4, 0.5) is 9.18 Å². The van der Waals surface area contributed by atoms with Gasteiger partial charge in [0.2, 0.25) is 5.91 Å². The molecule has 1 saturated carbocycles. The minimum absolute atomic E-state index is 0.0324. The predicted octanol–water partition coefficient (Wildman–Crippen LogP) is 3.30. The number of hydrogen-bond donors (Lipinski definition) is 2. The number of primary amides is 1. The van der Waals surface area contributed by atoms with E-state index < -0.39 is 17.8 Å². The Labute approximate surface area is 152 Å². The van der Waals surface area contributed by atoms with Gasteiger partial charge in [-0.1, -0.05) is 44.4 Å². The lowest BCUT2D eigenvalue weighted by Crippen LogP contribution is -2.49. The number of imide groups is 1. The van der Waals surface area contributed by atoms with Crippen molar-refractivity contribution < 1.29 is 14.0 Å². The van der Waals surface area contributed by atoms with Crippen molar-refractivity contribution in [1.82, 2.24) is 10.2 Å². The summed E-state index contributed by atoms with van der Waals surface area (Å²) in [6.45, 7) is 4.51. The zero-order valence-electron chi connectivity index (χ0n) is 14.6. The summed E-state index contributed by atoms with van der Waals surface area (Å²) in [7, 11) is 0. The van der Waals surface area contributed by atoms with Gasteiger partial charge in [-0.2, -0.15) is 0 Å². The number of carbonyl (C=O) groups is 2. The molecular formula is C18H25ClFN3O2. The first kappa shape index (κ1) is 19.7. The second-order valence-electron chi connectivity index (χ2n) is 6.85. The zero-order chi connectivity index (χ0) is 18.6. The van der Waals surface area contributed by atoms with Crippen LogP contribution < -0.4 is 11.1 Å². The van der Waals surface area contributed by atoms with Crippen LogP contribution in [0.5, 0.6) is 0 Å². The molecule has 0 bridgehead atoms. The molecule has 0 saturated heterocycles. The van der Waals surface area contributed by atoms with E-state index in [4.69, 9.17) is 17.3 Å². The maximum absolute atomic E-state index is 14.2. The summed E-state index contributed by atoms with van der Waals surface area (Å²) in [5, 5.41) is 2.42. The van der Waals surface area contributed by atoms with Crippen molar-refractivity contribution >= 4 is 23.5 Å². The number of rotatable bonds is 5. The molecule has 0 aromatic heterocycles. The van der Waals surface area contributed by atoms with Gasteiger partial charge in [-0.25, -0.2) is 9.18 Å². The predicted molar refractivity (Wildman–Crippen MR) is 95.5 cm³/mol. The number of carbonyl (C=O) groups excluding carboxylic acids is 2. The number of halogens is 2. The number of benzene rings is 1. The third-order valence-electron chi connectivity index (χ3n) is 5.17. The van der Waals surface area contributed by atoms with E-state index in [1.165, 1.54) is 6.07 Å². The van der Waals surface area contributed by atoms with Crippen molar-refractivity contribution in [3.63, 3.8) is 0 Å². The molecular weight excluding hydrogens is 345 g/mol. The fourth-order valence-electron chi connectivity index (χ4n) is 3.61. The first-order chi connectivity index (χ1) is 11.8. The highest BCUT2D eigenvalue weighted by Gasteiger charge is 2.33. The molecule has 25 heavy (non-hydrogen) atoms. The summed E-state index contributed by atoms with van der Waals surface area (Å²) in [6, 6.07) is 3.76. The van der Waals surface area contributed by atoms with Crippen molar-refractivity contribution in [3.05, 3.63) is 34.6 Å². The highest BCUT2D eigenvalue weighted by atomic mass is 35.5. The van der Waals surface area contributed by atoms with E-state index in [1.807, 2.05) is 4.90 Å². The molecule has 5 nitrogen and oxygen atoms in total. The van der Waals surface area contributed by atoms with Crippen LogP contribution in [0, 0.1) is 17.7 Å². The Bertz CT molecular complexity index is 620. The van der Waals surface area contributed by atoms with Crippen LogP contribution >= 0.6 is 11.6 Å². The van der Waals surface area contributed by atoms with Gasteiger partial charge >= 0.3 is 6.03 Å². The van der Waals surface area contributed by atoms with Gasteiger partial charge in [0.15, 0.2) is 0 Å². The van der Waals surface area contributed by atoms with Gasteiger partial charge in [-0.15, -0.1) is 0 Å². The molecule has 7 heteroatoms. The van der Waals surface area contributed by atoms with Gasteiger partial charge in [0.1, 0.15) is 5.82 Å². The van der Waals surface area contributed by atoms with Gasteiger partial charge in [0, 0.05) is 23.2 Å². The Hall–Kier alpha value is -1.66. The summed E-state index contributed by atoms with van der Waals surface area (Å²) in [6.07, 6.45) is 3.11. The van der Waals surface area contributed by atoms with Gasteiger partial charge in [-0.05, 0) is 30.4 Å². The first-order valence-electron chi connectivity index (χ1n) is 8.55. The highest BCUT2D eigenvalue weighted by Crippen LogP contribution is 2.34. The van der Waals surface area contributed by atoms with Gasteiger partial charge in [0.05, 0.1) is 6.54 Å². The summed E-state index contributed by atoms with van der Waals surface area (Å²) in [5.74, 6) is -0.0353. The molecule has 0 heterocycles. The Kier molecular flexibility index (Phi) is 6.79. The number of hydrogen-bond acceptors (Lipinski definition) is 3. The lowest BCUT2D eigenvalue weighted by molar-refractivity contribution is -0.122. The van der Waals surface area contributed by atoms with Crippen molar-refractivity contribution in [3.8, 4) is 0 Å². The minimum Gasteiger partial charge on any atom is -0.351 e. The molecule has 1 aromatic carbocycles. The molecule has 3 amide bonds. The topological polar surface area (TPSA) is 75.4 Å². The molecule has 1 fully saturated rings. The lowest BCUT2D eigenvalue weighted by atomic mass is 9.77. The monoisotopic (exact) mass is 369 g/mol. The van der Waals surface area contributed by atoms with E-state index >= 15 is 0 Å². The van der Waals surface area contributed by atoms with E-state index in [2.05, 4.69) is 19.2 Å². The Morgan fingerprint density at radius 3 is 2.72 bits per heavy atom. The van der Waals surface area contributed by atoms with E-state index in [1.54, 1.807) is 12.1 Å². The third-order valence-corrected chi connectivity index (χ3v) is 5.52. The standard InChI is InChI=1S/C18H25ClFN3O2/c1-11-5-3-8-16(12(11)2)23(10-17(24)22-18(21)25)9-13-14(19)6-4-7-15(13)20/h4,6-7,11-12,16H,3,5,8-10H2,1-2H3,(H3,21,22,24,25). The Morgan fingerprint density at radius 1 is 1.36 bits per heavy atom. The first-order valence-corrected chi connectivity index (χ1v) is 8.93. The third kappa shape index (κ3) is 5.16. The fraction of sp³-hybridized carbons (Fsp3) is 0.556. The van der Waals surface area contributed by atoms with Crippen LogP contribution in [0.1, 0.15) is 38.7 Å². The maximum Gasteiger partial charge on any atom is 0.318 e. The largest absolute Gasteiger partial charge is 0.351 e. The van der Waals surface area contributed by atoms with E-state index in [9.17, 15) is 14.0 Å². The Morgan fingerprint density at radius 2 is 2.08 bits per heavy atom. The van der Waals surface area contributed by atoms with Crippen molar-refractivity contribution in [2.45, 2.75) is 45.7 Å². The number of amides is 3. The average Bonchev–Trinajstić information content (AvgIpc) is 2.52. The number of urea groups is 1. The van der Waals surface area contributed by atoms with Crippen molar-refractivity contribution in [2.24, 2.45) is 17.6 Å². The molecule has 1 aliphatic carbocycles. The molecule has 1 aliphatic rings. The molecule has 0 aliphatic heterocycles. The molecule has 1 aromatic rings. The summed E-state index contributed by atoms with van der Waals surface area (Å²) in [5.41, 5.74) is 5.39. The summed E-state index contributed by atoms with van der Waals surface area (Å²) >= 11 is 6.16. The van der Waals surface area contributed by atoms with Crippen LogP contribution in [0.15, 0.2) is 18.2 Å². The molecule has 138 valence electrons.